The Bertz CT molecular complexity index is 529. The van der Waals surface area contributed by atoms with E-state index in [0.717, 1.165) is 0 Å². The summed E-state index contributed by atoms with van der Waals surface area (Å²) in [6, 6.07) is 0. The molecular weight excluding hydrogens is 242 g/mol. The number of hydrogen-bond donors (Lipinski definition) is 1. The molecule has 15 heavy (non-hydrogen) atoms. The molecule has 5 nitrogen and oxygen atoms in total. The molecule has 84 valence electrons. The van der Waals surface area contributed by atoms with Crippen molar-refractivity contribution in [1.29, 1.82) is 0 Å². The topological polar surface area (TPSA) is 76.4 Å². The molecule has 0 bridgehead atoms. The molecule has 0 saturated heterocycles. The average Bonchev–Trinajstić information content (AvgIpc) is 2.28. The Kier molecular flexibility index (Phi) is 2.84. The summed E-state index contributed by atoms with van der Waals surface area (Å²) in [5.74, 6) is -1.30. The highest BCUT2D eigenvalue weighted by molar-refractivity contribution is 8.13. The quantitative estimate of drug-likeness (QED) is 0.803. The van der Waals surface area contributed by atoms with Crippen LogP contribution in [0.4, 0.5) is 0 Å². The number of carbonyl (C=O) groups is 1. The van der Waals surface area contributed by atoms with Crippen LogP contribution < -0.4 is 0 Å². The summed E-state index contributed by atoms with van der Waals surface area (Å²) in [5, 5.41) is 8.91. The Balaban J connectivity index is 3.79. The van der Waals surface area contributed by atoms with Crippen LogP contribution in [0.1, 0.15) is 21.7 Å². The van der Waals surface area contributed by atoms with Crippen LogP contribution in [0.3, 0.4) is 0 Å². The van der Waals surface area contributed by atoms with E-state index < -0.39 is 15.0 Å². The molecule has 0 aliphatic heterocycles. The SMILES string of the molecule is Cc1c(C(=O)O)c(S(=O)(=O)Cl)c(C)n1C. The summed E-state index contributed by atoms with van der Waals surface area (Å²) in [4.78, 5) is 10.6. The second-order valence-corrected chi connectivity index (χ2v) is 5.68. The van der Waals surface area contributed by atoms with E-state index in [9.17, 15) is 13.2 Å². The molecule has 1 N–H and O–H groups in total. The first-order valence-electron chi connectivity index (χ1n) is 4.01. The zero-order valence-electron chi connectivity index (χ0n) is 8.41. The maximum Gasteiger partial charge on any atom is 0.338 e. The first-order valence-corrected chi connectivity index (χ1v) is 6.32. The summed E-state index contributed by atoms with van der Waals surface area (Å²) in [5.41, 5.74) is 0.420. The van der Waals surface area contributed by atoms with Gasteiger partial charge in [-0.3, -0.25) is 0 Å². The standard InChI is InChI=1S/C8H10ClNO4S/c1-4-6(8(11)12)7(15(9,13)14)5(2)10(4)3/h1-3H3,(H,11,12). The van der Waals surface area contributed by atoms with Gasteiger partial charge in [0.2, 0.25) is 0 Å². The molecule has 1 aromatic heterocycles. The maximum absolute atomic E-state index is 11.2. The summed E-state index contributed by atoms with van der Waals surface area (Å²) < 4.78 is 24.0. The molecule has 0 radical (unpaired) electrons. The number of halogens is 1. The number of carboxylic acids is 1. The van der Waals surface area contributed by atoms with Gasteiger partial charge < -0.3 is 9.67 Å². The molecule has 0 saturated carbocycles. The molecule has 0 spiro atoms. The molecule has 0 unspecified atom stereocenters. The van der Waals surface area contributed by atoms with E-state index in [-0.39, 0.29) is 10.5 Å². The molecule has 7 heteroatoms. The van der Waals surface area contributed by atoms with Crippen molar-refractivity contribution in [2.75, 3.05) is 0 Å². The summed E-state index contributed by atoms with van der Waals surface area (Å²) >= 11 is 0. The van der Waals surface area contributed by atoms with Gasteiger partial charge in [0.15, 0.2) is 0 Å². The first-order chi connectivity index (χ1) is 6.68. The highest BCUT2D eigenvalue weighted by atomic mass is 35.7. The largest absolute Gasteiger partial charge is 0.478 e. The van der Waals surface area contributed by atoms with Crippen molar-refractivity contribution in [3.05, 3.63) is 17.0 Å². The zero-order chi connectivity index (χ0) is 12.0. The fourth-order valence-electron chi connectivity index (χ4n) is 1.47. The Morgan fingerprint density at radius 3 is 2.07 bits per heavy atom. The molecule has 0 atom stereocenters. The second-order valence-electron chi connectivity index (χ2n) is 3.18. The van der Waals surface area contributed by atoms with Crippen LogP contribution in [0.15, 0.2) is 4.90 Å². The highest BCUT2D eigenvalue weighted by Crippen LogP contribution is 2.28. The van der Waals surface area contributed by atoms with E-state index in [4.69, 9.17) is 15.8 Å². The van der Waals surface area contributed by atoms with Crippen molar-refractivity contribution in [2.24, 2.45) is 7.05 Å². The molecule has 1 aromatic rings. The van der Waals surface area contributed by atoms with Gasteiger partial charge >= 0.3 is 5.97 Å². The predicted molar refractivity (Wildman–Crippen MR) is 54.9 cm³/mol. The van der Waals surface area contributed by atoms with Gasteiger partial charge in [0.25, 0.3) is 9.05 Å². The Hall–Kier alpha value is -1.01. The number of carboxylic acid groups (broad SMARTS) is 1. The minimum absolute atomic E-state index is 0.259. The van der Waals surface area contributed by atoms with Crippen LogP contribution in [-0.4, -0.2) is 24.1 Å². The lowest BCUT2D eigenvalue weighted by atomic mass is 10.2. The molecule has 1 heterocycles. The molecule has 1 rings (SSSR count). The van der Waals surface area contributed by atoms with Crippen LogP contribution in [-0.2, 0) is 16.1 Å². The van der Waals surface area contributed by atoms with Crippen molar-refractivity contribution in [1.82, 2.24) is 4.57 Å². The highest BCUT2D eigenvalue weighted by Gasteiger charge is 2.28. The van der Waals surface area contributed by atoms with Crippen LogP contribution in [0, 0.1) is 13.8 Å². The van der Waals surface area contributed by atoms with Crippen molar-refractivity contribution in [2.45, 2.75) is 18.7 Å². The monoisotopic (exact) mass is 251 g/mol. The first kappa shape index (κ1) is 12.1. The van der Waals surface area contributed by atoms with E-state index in [1.807, 2.05) is 0 Å². The fraction of sp³-hybridized carbons (Fsp3) is 0.375. The van der Waals surface area contributed by atoms with Gasteiger partial charge in [-0.2, -0.15) is 0 Å². The lowest BCUT2D eigenvalue weighted by molar-refractivity contribution is 0.0692. The maximum atomic E-state index is 11.2. The van der Waals surface area contributed by atoms with E-state index in [1.165, 1.54) is 18.4 Å². The molecular formula is C8H10ClNO4S. The van der Waals surface area contributed by atoms with E-state index in [0.29, 0.717) is 11.4 Å². The third-order valence-corrected chi connectivity index (χ3v) is 3.83. The van der Waals surface area contributed by atoms with E-state index >= 15 is 0 Å². The van der Waals surface area contributed by atoms with Crippen LogP contribution in [0.2, 0.25) is 0 Å². The minimum atomic E-state index is -4.04. The number of rotatable bonds is 2. The molecule has 0 aliphatic carbocycles. The smallest absolute Gasteiger partial charge is 0.338 e. The summed E-state index contributed by atoms with van der Waals surface area (Å²) in [6.07, 6.45) is 0. The normalized spacial score (nSPS) is 11.7. The molecule has 0 amide bonds. The Morgan fingerprint density at radius 1 is 1.33 bits per heavy atom. The van der Waals surface area contributed by atoms with Crippen molar-refractivity contribution in [3.63, 3.8) is 0 Å². The van der Waals surface area contributed by atoms with Gasteiger partial charge in [-0.1, -0.05) is 0 Å². The van der Waals surface area contributed by atoms with Gasteiger partial charge in [0.05, 0.1) is 0 Å². The van der Waals surface area contributed by atoms with E-state index in [2.05, 4.69) is 0 Å². The van der Waals surface area contributed by atoms with Crippen LogP contribution in [0.25, 0.3) is 0 Å². The predicted octanol–water partition coefficient (Wildman–Crippen LogP) is 1.27. The van der Waals surface area contributed by atoms with Gasteiger partial charge in [0, 0.05) is 29.1 Å². The van der Waals surface area contributed by atoms with Gasteiger partial charge in [-0.25, -0.2) is 13.2 Å². The number of aromatic carboxylic acids is 1. The fourth-order valence-corrected chi connectivity index (χ4v) is 3.00. The van der Waals surface area contributed by atoms with Gasteiger partial charge in [0.1, 0.15) is 10.5 Å². The van der Waals surface area contributed by atoms with Crippen LogP contribution in [0.5, 0.6) is 0 Å². The second kappa shape index (κ2) is 3.53. The number of nitrogens with zero attached hydrogens (tertiary/aromatic N) is 1. The van der Waals surface area contributed by atoms with Crippen molar-refractivity contribution < 1.29 is 18.3 Å². The molecule has 0 aromatic carbocycles. The Labute approximate surface area is 91.7 Å². The molecule has 0 fully saturated rings. The van der Waals surface area contributed by atoms with Crippen molar-refractivity contribution >= 4 is 25.7 Å². The van der Waals surface area contributed by atoms with Gasteiger partial charge in [-0.15, -0.1) is 0 Å². The minimum Gasteiger partial charge on any atom is -0.478 e. The Morgan fingerprint density at radius 2 is 1.80 bits per heavy atom. The summed E-state index contributed by atoms with van der Waals surface area (Å²) in [6.45, 7) is 3.04. The van der Waals surface area contributed by atoms with E-state index in [1.54, 1.807) is 7.05 Å². The third-order valence-electron chi connectivity index (χ3n) is 2.38. The zero-order valence-corrected chi connectivity index (χ0v) is 9.98. The van der Waals surface area contributed by atoms with Gasteiger partial charge in [-0.05, 0) is 13.8 Å². The lowest BCUT2D eigenvalue weighted by Crippen LogP contribution is -2.04. The third kappa shape index (κ3) is 1.87. The lowest BCUT2D eigenvalue weighted by Gasteiger charge is -1.98. The summed E-state index contributed by atoms with van der Waals surface area (Å²) in [7, 11) is 2.74. The average molecular weight is 252 g/mol. The number of hydrogen-bond acceptors (Lipinski definition) is 3. The van der Waals surface area contributed by atoms with Crippen molar-refractivity contribution in [3.8, 4) is 0 Å². The van der Waals surface area contributed by atoms with Crippen LogP contribution >= 0.6 is 10.7 Å². The number of aromatic nitrogens is 1. The molecule has 0 aliphatic rings.